The Labute approximate surface area is 121 Å². The minimum atomic E-state index is -0.423. The van der Waals surface area contributed by atoms with Crippen molar-refractivity contribution >= 4 is 33.4 Å². The van der Waals surface area contributed by atoms with Crippen LogP contribution in [0.3, 0.4) is 0 Å². The average molecular weight is 325 g/mol. The van der Waals surface area contributed by atoms with Gasteiger partial charge in [0.2, 0.25) is 11.8 Å². The third-order valence-corrected chi connectivity index (χ3v) is 3.83. The summed E-state index contributed by atoms with van der Waals surface area (Å²) >= 11 is 3.43. The number of carbonyl (C=O) groups is 2. The average Bonchev–Trinajstić information content (AvgIpc) is 2.52. The highest BCUT2D eigenvalue weighted by Crippen LogP contribution is 2.26. The lowest BCUT2D eigenvalue weighted by atomic mass is 10.1. The van der Waals surface area contributed by atoms with E-state index >= 15 is 0 Å². The molecule has 0 bridgehead atoms. The first-order valence-corrected chi connectivity index (χ1v) is 7.19. The summed E-state index contributed by atoms with van der Waals surface area (Å²) in [5.41, 5.74) is 1.90. The number of nitrogens with one attached hydrogen (secondary N) is 1. The van der Waals surface area contributed by atoms with Crippen LogP contribution < -0.4 is 10.2 Å². The number of benzene rings is 1. The quantitative estimate of drug-likeness (QED) is 0.908. The summed E-state index contributed by atoms with van der Waals surface area (Å²) < 4.78 is 0.928. The van der Waals surface area contributed by atoms with Crippen LogP contribution >= 0.6 is 15.9 Å². The van der Waals surface area contributed by atoms with Crippen LogP contribution in [0.25, 0.3) is 0 Å². The second kappa shape index (κ2) is 5.74. The molecule has 1 aromatic carbocycles. The van der Waals surface area contributed by atoms with Gasteiger partial charge in [0.15, 0.2) is 0 Å². The van der Waals surface area contributed by atoms with E-state index in [0.717, 1.165) is 15.7 Å². The number of aryl methyl sites for hydroxylation is 1. The van der Waals surface area contributed by atoms with Crippen molar-refractivity contribution in [2.75, 3.05) is 11.4 Å². The molecule has 1 N–H and O–H groups in total. The van der Waals surface area contributed by atoms with Gasteiger partial charge in [0.25, 0.3) is 0 Å². The molecule has 1 saturated heterocycles. The van der Waals surface area contributed by atoms with Crippen molar-refractivity contribution in [3.8, 4) is 0 Å². The summed E-state index contributed by atoms with van der Waals surface area (Å²) in [5.74, 6) is -0.0927. The molecule has 0 aromatic heterocycles. The number of carbonyl (C=O) groups excluding carboxylic acids is 2. The SMILES string of the molecule is CCC1NC(=O)CCN(c2cc(Br)ccc2C)C1=O. The monoisotopic (exact) mass is 324 g/mol. The lowest BCUT2D eigenvalue weighted by Crippen LogP contribution is -2.44. The molecule has 1 aromatic rings. The molecule has 1 aliphatic rings. The predicted molar refractivity (Wildman–Crippen MR) is 78.1 cm³/mol. The Balaban J connectivity index is 2.38. The van der Waals surface area contributed by atoms with Crippen molar-refractivity contribution in [1.82, 2.24) is 5.32 Å². The van der Waals surface area contributed by atoms with E-state index < -0.39 is 6.04 Å². The standard InChI is InChI=1S/C14H17BrN2O2/c1-3-11-14(19)17(7-6-13(18)16-11)12-8-10(15)5-4-9(12)2/h4-5,8,11H,3,6-7H2,1-2H3,(H,16,18). The molecule has 0 spiro atoms. The van der Waals surface area contributed by atoms with Gasteiger partial charge in [-0.15, -0.1) is 0 Å². The van der Waals surface area contributed by atoms with E-state index in [0.29, 0.717) is 19.4 Å². The van der Waals surface area contributed by atoms with Gasteiger partial charge in [-0.3, -0.25) is 9.59 Å². The maximum Gasteiger partial charge on any atom is 0.249 e. The van der Waals surface area contributed by atoms with E-state index in [4.69, 9.17) is 0 Å². The molecule has 1 heterocycles. The van der Waals surface area contributed by atoms with E-state index in [-0.39, 0.29) is 11.8 Å². The van der Waals surface area contributed by atoms with Crippen LogP contribution in [0.2, 0.25) is 0 Å². The van der Waals surface area contributed by atoms with Crippen molar-refractivity contribution in [2.45, 2.75) is 32.7 Å². The predicted octanol–water partition coefficient (Wildman–Crippen LogP) is 2.39. The molecule has 1 atom stereocenters. The molecule has 0 radical (unpaired) electrons. The fraction of sp³-hybridized carbons (Fsp3) is 0.429. The summed E-state index contributed by atoms with van der Waals surface area (Å²) in [6.45, 7) is 4.30. The van der Waals surface area contributed by atoms with Crippen LogP contribution in [0.15, 0.2) is 22.7 Å². The molecule has 1 aliphatic heterocycles. The lowest BCUT2D eigenvalue weighted by molar-refractivity contribution is -0.125. The zero-order valence-electron chi connectivity index (χ0n) is 11.1. The summed E-state index contributed by atoms with van der Waals surface area (Å²) in [6.07, 6.45) is 0.947. The molecule has 4 nitrogen and oxygen atoms in total. The van der Waals surface area contributed by atoms with E-state index in [2.05, 4.69) is 21.2 Å². The molecular weight excluding hydrogens is 308 g/mol. The molecular formula is C14H17BrN2O2. The van der Waals surface area contributed by atoms with E-state index in [9.17, 15) is 9.59 Å². The van der Waals surface area contributed by atoms with Gasteiger partial charge in [-0.25, -0.2) is 0 Å². The Hall–Kier alpha value is -1.36. The van der Waals surface area contributed by atoms with Gasteiger partial charge in [0.1, 0.15) is 6.04 Å². The molecule has 2 amide bonds. The number of hydrogen-bond donors (Lipinski definition) is 1. The van der Waals surface area contributed by atoms with E-state index in [1.54, 1.807) is 4.90 Å². The van der Waals surface area contributed by atoms with Gasteiger partial charge in [-0.05, 0) is 31.0 Å². The molecule has 0 saturated carbocycles. The highest BCUT2D eigenvalue weighted by Gasteiger charge is 2.30. The lowest BCUT2D eigenvalue weighted by Gasteiger charge is -2.25. The maximum atomic E-state index is 12.5. The number of anilines is 1. The zero-order valence-corrected chi connectivity index (χ0v) is 12.7. The van der Waals surface area contributed by atoms with Gasteiger partial charge < -0.3 is 10.2 Å². The third-order valence-electron chi connectivity index (χ3n) is 3.33. The van der Waals surface area contributed by atoms with E-state index in [1.165, 1.54) is 0 Å². The highest BCUT2D eigenvalue weighted by atomic mass is 79.9. The van der Waals surface area contributed by atoms with Gasteiger partial charge >= 0.3 is 0 Å². The number of hydrogen-bond acceptors (Lipinski definition) is 2. The molecule has 2 rings (SSSR count). The van der Waals surface area contributed by atoms with Gasteiger partial charge in [-0.2, -0.15) is 0 Å². The topological polar surface area (TPSA) is 49.4 Å². The fourth-order valence-electron chi connectivity index (χ4n) is 2.23. The largest absolute Gasteiger partial charge is 0.344 e. The minimum absolute atomic E-state index is 0.0328. The molecule has 0 aliphatic carbocycles. The second-order valence-electron chi connectivity index (χ2n) is 4.70. The fourth-order valence-corrected chi connectivity index (χ4v) is 2.58. The Bertz CT molecular complexity index is 516. The zero-order chi connectivity index (χ0) is 14.0. The van der Waals surface area contributed by atoms with Crippen LogP contribution in [0.5, 0.6) is 0 Å². The molecule has 1 fully saturated rings. The first-order valence-electron chi connectivity index (χ1n) is 6.39. The van der Waals surface area contributed by atoms with Crippen LogP contribution in [0.1, 0.15) is 25.3 Å². The number of amides is 2. The van der Waals surface area contributed by atoms with Crippen LogP contribution in [-0.4, -0.2) is 24.4 Å². The minimum Gasteiger partial charge on any atom is -0.344 e. The maximum absolute atomic E-state index is 12.5. The second-order valence-corrected chi connectivity index (χ2v) is 5.61. The number of halogens is 1. The summed E-state index contributed by atoms with van der Waals surface area (Å²) in [4.78, 5) is 25.8. The van der Waals surface area contributed by atoms with Crippen LogP contribution in [-0.2, 0) is 9.59 Å². The van der Waals surface area contributed by atoms with Crippen LogP contribution in [0.4, 0.5) is 5.69 Å². The van der Waals surface area contributed by atoms with Crippen molar-refractivity contribution in [3.05, 3.63) is 28.2 Å². The van der Waals surface area contributed by atoms with Crippen molar-refractivity contribution in [2.24, 2.45) is 0 Å². The first-order chi connectivity index (χ1) is 9.02. The third kappa shape index (κ3) is 2.97. The normalized spacial score (nSPS) is 20.2. The Morgan fingerprint density at radius 3 is 2.84 bits per heavy atom. The van der Waals surface area contributed by atoms with Crippen molar-refractivity contribution in [3.63, 3.8) is 0 Å². The van der Waals surface area contributed by atoms with Crippen LogP contribution in [0, 0.1) is 6.92 Å². The first kappa shape index (κ1) is 14.1. The molecule has 5 heteroatoms. The van der Waals surface area contributed by atoms with Gasteiger partial charge in [-0.1, -0.05) is 28.9 Å². The number of rotatable bonds is 2. The van der Waals surface area contributed by atoms with E-state index in [1.807, 2.05) is 32.0 Å². The summed E-state index contributed by atoms with van der Waals surface area (Å²) in [6, 6.07) is 5.42. The molecule has 102 valence electrons. The highest BCUT2D eigenvalue weighted by molar-refractivity contribution is 9.10. The molecule has 1 unspecified atom stereocenters. The van der Waals surface area contributed by atoms with Crippen molar-refractivity contribution < 1.29 is 9.59 Å². The number of nitrogens with zero attached hydrogens (tertiary/aromatic N) is 1. The van der Waals surface area contributed by atoms with Gasteiger partial charge in [0, 0.05) is 23.1 Å². The van der Waals surface area contributed by atoms with Crippen molar-refractivity contribution in [1.29, 1.82) is 0 Å². The Kier molecular flexibility index (Phi) is 4.24. The van der Waals surface area contributed by atoms with Gasteiger partial charge in [0.05, 0.1) is 0 Å². The Morgan fingerprint density at radius 2 is 2.16 bits per heavy atom. The Morgan fingerprint density at radius 1 is 1.42 bits per heavy atom. The summed E-state index contributed by atoms with van der Waals surface area (Å²) in [5, 5.41) is 2.77. The molecule has 19 heavy (non-hydrogen) atoms. The smallest absolute Gasteiger partial charge is 0.249 e. The summed E-state index contributed by atoms with van der Waals surface area (Å²) in [7, 11) is 0.